The van der Waals surface area contributed by atoms with Gasteiger partial charge in [-0.1, -0.05) is 36.4 Å². The lowest BCUT2D eigenvalue weighted by molar-refractivity contribution is 0.485. The van der Waals surface area contributed by atoms with Crippen LogP contribution in [0.15, 0.2) is 42.5 Å². The molecule has 3 rings (SSSR count). The third-order valence-corrected chi connectivity index (χ3v) is 3.48. The molecular weight excluding hydrogens is 208 g/mol. The number of hydrogen-bond acceptors (Lipinski definition) is 2. The standard InChI is InChI=1S/C15H18N2/c1-12-11-17(10-9-16-12)15-8-4-6-13-5-2-3-7-14(13)15/h2-8,12,16H,9-11H2,1H3/t12-/m0/s1. The molecule has 0 aromatic heterocycles. The van der Waals surface area contributed by atoms with Crippen LogP contribution >= 0.6 is 0 Å². The van der Waals surface area contributed by atoms with Crippen LogP contribution in [-0.4, -0.2) is 25.7 Å². The highest BCUT2D eigenvalue weighted by Crippen LogP contribution is 2.27. The Labute approximate surface area is 102 Å². The number of anilines is 1. The normalized spacial score (nSPS) is 20.8. The van der Waals surface area contributed by atoms with Crippen molar-refractivity contribution in [2.75, 3.05) is 24.5 Å². The molecule has 0 spiro atoms. The highest BCUT2D eigenvalue weighted by molar-refractivity contribution is 5.94. The van der Waals surface area contributed by atoms with Gasteiger partial charge in [0.15, 0.2) is 0 Å². The number of benzene rings is 2. The van der Waals surface area contributed by atoms with Gasteiger partial charge in [-0.2, -0.15) is 0 Å². The fourth-order valence-corrected chi connectivity index (χ4v) is 2.64. The minimum atomic E-state index is 0.572. The van der Waals surface area contributed by atoms with Gasteiger partial charge in [-0.3, -0.25) is 0 Å². The molecule has 1 fully saturated rings. The van der Waals surface area contributed by atoms with E-state index >= 15 is 0 Å². The summed E-state index contributed by atoms with van der Waals surface area (Å²) >= 11 is 0. The SMILES string of the molecule is C[C@H]1CN(c2cccc3ccccc23)CCN1. The molecule has 1 aliphatic rings. The number of piperazine rings is 1. The van der Waals surface area contributed by atoms with Gasteiger partial charge in [-0.05, 0) is 18.4 Å². The summed E-state index contributed by atoms with van der Waals surface area (Å²) in [5, 5.41) is 6.18. The Morgan fingerprint density at radius 2 is 1.94 bits per heavy atom. The van der Waals surface area contributed by atoms with Crippen molar-refractivity contribution in [1.82, 2.24) is 5.32 Å². The molecule has 0 saturated carbocycles. The summed E-state index contributed by atoms with van der Waals surface area (Å²) in [6, 6.07) is 15.8. The minimum Gasteiger partial charge on any atom is -0.368 e. The number of rotatable bonds is 1. The van der Waals surface area contributed by atoms with E-state index in [0.29, 0.717) is 6.04 Å². The van der Waals surface area contributed by atoms with Crippen LogP contribution in [0.1, 0.15) is 6.92 Å². The predicted molar refractivity (Wildman–Crippen MR) is 73.6 cm³/mol. The van der Waals surface area contributed by atoms with Gasteiger partial charge in [0.05, 0.1) is 0 Å². The fraction of sp³-hybridized carbons (Fsp3) is 0.333. The predicted octanol–water partition coefficient (Wildman–Crippen LogP) is 2.64. The largest absolute Gasteiger partial charge is 0.368 e. The van der Waals surface area contributed by atoms with Crippen molar-refractivity contribution in [2.24, 2.45) is 0 Å². The Morgan fingerprint density at radius 1 is 1.12 bits per heavy atom. The number of nitrogens with one attached hydrogen (secondary N) is 1. The fourth-order valence-electron chi connectivity index (χ4n) is 2.64. The summed E-state index contributed by atoms with van der Waals surface area (Å²) in [5.74, 6) is 0. The van der Waals surface area contributed by atoms with Crippen LogP contribution in [0.4, 0.5) is 5.69 Å². The molecule has 0 bridgehead atoms. The van der Waals surface area contributed by atoms with Crippen molar-refractivity contribution in [1.29, 1.82) is 0 Å². The van der Waals surface area contributed by atoms with Gasteiger partial charge in [0.1, 0.15) is 0 Å². The molecule has 0 radical (unpaired) electrons. The lowest BCUT2D eigenvalue weighted by atomic mass is 10.1. The second kappa shape index (κ2) is 4.38. The van der Waals surface area contributed by atoms with E-state index in [0.717, 1.165) is 19.6 Å². The molecular formula is C15H18N2. The summed E-state index contributed by atoms with van der Waals surface area (Å²) < 4.78 is 0. The summed E-state index contributed by atoms with van der Waals surface area (Å²) in [6.45, 7) is 5.51. The van der Waals surface area contributed by atoms with Crippen molar-refractivity contribution in [2.45, 2.75) is 13.0 Å². The first kappa shape index (κ1) is 10.6. The van der Waals surface area contributed by atoms with Gasteiger partial charge in [0, 0.05) is 36.7 Å². The molecule has 2 nitrogen and oxygen atoms in total. The van der Waals surface area contributed by atoms with Gasteiger partial charge in [-0.15, -0.1) is 0 Å². The van der Waals surface area contributed by atoms with Crippen LogP contribution in [0.25, 0.3) is 10.8 Å². The first-order valence-corrected chi connectivity index (χ1v) is 6.31. The second-order valence-corrected chi connectivity index (χ2v) is 4.80. The van der Waals surface area contributed by atoms with E-state index in [1.165, 1.54) is 16.5 Å². The average Bonchev–Trinajstić information content (AvgIpc) is 2.38. The number of fused-ring (bicyclic) bond motifs is 1. The van der Waals surface area contributed by atoms with E-state index in [9.17, 15) is 0 Å². The molecule has 17 heavy (non-hydrogen) atoms. The molecule has 1 saturated heterocycles. The topological polar surface area (TPSA) is 15.3 Å². The van der Waals surface area contributed by atoms with Crippen LogP contribution < -0.4 is 10.2 Å². The Bertz CT molecular complexity index is 516. The van der Waals surface area contributed by atoms with Gasteiger partial charge in [0.25, 0.3) is 0 Å². The maximum atomic E-state index is 3.49. The zero-order valence-electron chi connectivity index (χ0n) is 10.2. The van der Waals surface area contributed by atoms with Gasteiger partial charge < -0.3 is 10.2 Å². The molecule has 1 atom stereocenters. The highest BCUT2D eigenvalue weighted by Gasteiger charge is 2.17. The first-order chi connectivity index (χ1) is 8.34. The summed E-state index contributed by atoms with van der Waals surface area (Å²) in [7, 11) is 0. The Morgan fingerprint density at radius 3 is 2.82 bits per heavy atom. The van der Waals surface area contributed by atoms with E-state index in [1.54, 1.807) is 0 Å². The van der Waals surface area contributed by atoms with Crippen molar-refractivity contribution in [3.05, 3.63) is 42.5 Å². The maximum Gasteiger partial charge on any atom is 0.0446 e. The Hall–Kier alpha value is -1.54. The van der Waals surface area contributed by atoms with Gasteiger partial charge in [0.2, 0.25) is 0 Å². The third-order valence-electron chi connectivity index (χ3n) is 3.48. The van der Waals surface area contributed by atoms with Crippen molar-refractivity contribution >= 4 is 16.5 Å². The van der Waals surface area contributed by atoms with E-state index in [2.05, 4.69) is 59.6 Å². The maximum absolute atomic E-state index is 3.49. The zero-order chi connectivity index (χ0) is 11.7. The zero-order valence-corrected chi connectivity index (χ0v) is 10.2. The Balaban J connectivity index is 2.04. The molecule has 88 valence electrons. The van der Waals surface area contributed by atoms with Crippen LogP contribution in [0.2, 0.25) is 0 Å². The van der Waals surface area contributed by atoms with Crippen molar-refractivity contribution in [3.63, 3.8) is 0 Å². The Kier molecular flexibility index (Phi) is 2.73. The molecule has 0 unspecified atom stereocenters. The lowest BCUT2D eigenvalue weighted by Crippen LogP contribution is -2.49. The minimum absolute atomic E-state index is 0.572. The molecule has 2 heteroatoms. The molecule has 2 aromatic rings. The van der Waals surface area contributed by atoms with Crippen LogP contribution in [-0.2, 0) is 0 Å². The van der Waals surface area contributed by atoms with Crippen molar-refractivity contribution in [3.8, 4) is 0 Å². The van der Waals surface area contributed by atoms with Crippen LogP contribution in [0.5, 0.6) is 0 Å². The highest BCUT2D eigenvalue weighted by atomic mass is 15.2. The van der Waals surface area contributed by atoms with E-state index in [-0.39, 0.29) is 0 Å². The quantitative estimate of drug-likeness (QED) is 0.804. The van der Waals surface area contributed by atoms with Crippen LogP contribution in [0, 0.1) is 0 Å². The third kappa shape index (κ3) is 2.01. The van der Waals surface area contributed by atoms with E-state index in [4.69, 9.17) is 0 Å². The van der Waals surface area contributed by atoms with E-state index < -0.39 is 0 Å². The molecule has 1 heterocycles. The molecule has 2 aromatic carbocycles. The monoisotopic (exact) mass is 226 g/mol. The molecule has 1 aliphatic heterocycles. The van der Waals surface area contributed by atoms with Gasteiger partial charge in [-0.25, -0.2) is 0 Å². The molecule has 1 N–H and O–H groups in total. The number of nitrogens with zero attached hydrogens (tertiary/aromatic N) is 1. The summed E-state index contributed by atoms with van der Waals surface area (Å²) in [4.78, 5) is 2.49. The lowest BCUT2D eigenvalue weighted by Gasteiger charge is -2.34. The summed E-state index contributed by atoms with van der Waals surface area (Å²) in [5.41, 5.74) is 1.37. The molecule has 0 amide bonds. The first-order valence-electron chi connectivity index (χ1n) is 6.31. The van der Waals surface area contributed by atoms with E-state index in [1.807, 2.05) is 0 Å². The average molecular weight is 226 g/mol. The number of hydrogen-bond donors (Lipinski definition) is 1. The second-order valence-electron chi connectivity index (χ2n) is 4.80. The van der Waals surface area contributed by atoms with Gasteiger partial charge >= 0.3 is 0 Å². The summed E-state index contributed by atoms with van der Waals surface area (Å²) in [6.07, 6.45) is 0. The van der Waals surface area contributed by atoms with Crippen molar-refractivity contribution < 1.29 is 0 Å². The smallest absolute Gasteiger partial charge is 0.0446 e. The van der Waals surface area contributed by atoms with Crippen LogP contribution in [0.3, 0.4) is 0 Å². The molecule has 0 aliphatic carbocycles.